The largest absolute Gasteiger partial charge is 0.353 e. The predicted octanol–water partition coefficient (Wildman–Crippen LogP) is 3.70. The quantitative estimate of drug-likeness (QED) is 0.871. The summed E-state index contributed by atoms with van der Waals surface area (Å²) in [6.45, 7) is 4.24. The molecule has 2 unspecified atom stereocenters. The molecule has 0 aromatic heterocycles. The van der Waals surface area contributed by atoms with Crippen LogP contribution in [0.1, 0.15) is 62.5 Å². The monoisotopic (exact) mass is 352 g/mol. The first-order valence-electron chi connectivity index (χ1n) is 10.7. The number of carbonyl (C=O) groups is 1. The van der Waals surface area contributed by atoms with Crippen LogP contribution in [0.15, 0.2) is 24.3 Å². The van der Waals surface area contributed by atoms with Gasteiger partial charge in [0, 0.05) is 6.04 Å². The van der Waals surface area contributed by atoms with E-state index in [1.54, 1.807) is 0 Å². The summed E-state index contributed by atoms with van der Waals surface area (Å²) in [5.74, 6) is 1.88. The molecule has 1 aromatic rings. The molecule has 5 aliphatic rings. The van der Waals surface area contributed by atoms with E-state index in [2.05, 4.69) is 41.8 Å². The molecule has 0 spiro atoms. The normalized spacial score (nSPS) is 39.1. The van der Waals surface area contributed by atoms with E-state index in [1.807, 2.05) is 0 Å². The lowest BCUT2D eigenvalue weighted by molar-refractivity contribution is -0.150. The zero-order valence-electron chi connectivity index (χ0n) is 16.0. The van der Waals surface area contributed by atoms with Crippen molar-refractivity contribution in [3.63, 3.8) is 0 Å². The third-order valence-electron chi connectivity index (χ3n) is 7.88. The van der Waals surface area contributed by atoms with Gasteiger partial charge in [0.15, 0.2) is 0 Å². The Morgan fingerprint density at radius 3 is 2.35 bits per heavy atom. The summed E-state index contributed by atoms with van der Waals surface area (Å²) in [5, 5.41) is 6.88. The predicted molar refractivity (Wildman–Crippen MR) is 104 cm³/mol. The van der Waals surface area contributed by atoms with E-state index in [1.165, 1.54) is 30.4 Å². The van der Waals surface area contributed by atoms with Gasteiger partial charge < -0.3 is 10.6 Å². The first-order chi connectivity index (χ1) is 12.6. The number of carbonyl (C=O) groups excluding carboxylic acids is 1. The van der Waals surface area contributed by atoms with Gasteiger partial charge in [0.05, 0.1) is 5.41 Å². The minimum absolute atomic E-state index is 0.0974. The zero-order chi connectivity index (χ0) is 17.8. The third kappa shape index (κ3) is 2.70. The Morgan fingerprint density at radius 1 is 1.04 bits per heavy atom. The van der Waals surface area contributed by atoms with E-state index in [9.17, 15) is 4.79 Å². The minimum Gasteiger partial charge on any atom is -0.353 e. The maximum atomic E-state index is 13.5. The number of rotatable bonds is 3. The number of aryl methyl sites for hydroxylation is 1. The highest BCUT2D eigenvalue weighted by atomic mass is 16.2. The van der Waals surface area contributed by atoms with E-state index in [-0.39, 0.29) is 10.8 Å². The van der Waals surface area contributed by atoms with Crippen molar-refractivity contribution in [3.8, 4) is 0 Å². The van der Waals surface area contributed by atoms with Crippen LogP contribution in [0, 0.1) is 24.2 Å². The topological polar surface area (TPSA) is 41.1 Å². The number of benzene rings is 1. The summed E-state index contributed by atoms with van der Waals surface area (Å²) in [6.07, 6.45) is 9.46. The van der Waals surface area contributed by atoms with Gasteiger partial charge >= 0.3 is 0 Å². The Hall–Kier alpha value is -1.35. The molecule has 1 aromatic carbocycles. The lowest BCUT2D eigenvalue weighted by Gasteiger charge is -2.61. The van der Waals surface area contributed by atoms with Gasteiger partial charge in [-0.05, 0) is 94.2 Å². The Bertz CT molecular complexity index is 675. The summed E-state index contributed by atoms with van der Waals surface area (Å²) in [7, 11) is 0. The van der Waals surface area contributed by atoms with Gasteiger partial charge in [-0.15, -0.1) is 0 Å². The molecule has 1 heterocycles. The van der Waals surface area contributed by atoms with E-state index in [0.717, 1.165) is 57.0 Å². The SMILES string of the molecule is Cc1ccc(C23CC4CC(CC(C(=O)NC5CCNCC5)(C4)C2)C3)cc1. The number of amides is 1. The summed E-state index contributed by atoms with van der Waals surface area (Å²) in [5.41, 5.74) is 2.98. The lowest BCUT2D eigenvalue weighted by Crippen LogP contribution is -2.60. The Balaban J connectivity index is 1.42. The molecule has 140 valence electrons. The lowest BCUT2D eigenvalue weighted by atomic mass is 9.42. The highest BCUT2D eigenvalue weighted by molar-refractivity contribution is 5.84. The molecule has 5 fully saturated rings. The third-order valence-corrected chi connectivity index (χ3v) is 7.88. The number of piperidine rings is 1. The molecule has 2 N–H and O–H groups in total. The van der Waals surface area contributed by atoms with E-state index in [4.69, 9.17) is 0 Å². The molecule has 2 atom stereocenters. The number of hydrogen-bond acceptors (Lipinski definition) is 2. The number of hydrogen-bond donors (Lipinski definition) is 2. The van der Waals surface area contributed by atoms with Crippen LogP contribution in [0.3, 0.4) is 0 Å². The van der Waals surface area contributed by atoms with Gasteiger partial charge in [0.2, 0.25) is 5.91 Å². The fraction of sp³-hybridized carbons (Fsp3) is 0.696. The Labute approximate surface area is 157 Å². The van der Waals surface area contributed by atoms with Crippen LogP contribution in [-0.4, -0.2) is 25.0 Å². The molecule has 4 aliphatic carbocycles. The fourth-order valence-electron chi connectivity index (χ4n) is 7.08. The van der Waals surface area contributed by atoms with Gasteiger partial charge in [0.25, 0.3) is 0 Å². The molecule has 4 bridgehead atoms. The van der Waals surface area contributed by atoms with Crippen LogP contribution in [0.25, 0.3) is 0 Å². The maximum absolute atomic E-state index is 13.5. The van der Waals surface area contributed by atoms with Crippen LogP contribution in [0.5, 0.6) is 0 Å². The fourth-order valence-corrected chi connectivity index (χ4v) is 7.08. The van der Waals surface area contributed by atoms with Gasteiger partial charge in [-0.2, -0.15) is 0 Å². The van der Waals surface area contributed by atoms with Crippen molar-refractivity contribution in [2.45, 2.75) is 69.7 Å². The molecule has 6 rings (SSSR count). The highest BCUT2D eigenvalue weighted by Crippen LogP contribution is 2.65. The van der Waals surface area contributed by atoms with Crippen molar-refractivity contribution in [2.75, 3.05) is 13.1 Å². The molecule has 1 amide bonds. The van der Waals surface area contributed by atoms with Gasteiger partial charge in [-0.1, -0.05) is 29.8 Å². The molecular formula is C23H32N2O. The van der Waals surface area contributed by atoms with Crippen molar-refractivity contribution in [2.24, 2.45) is 17.3 Å². The molecule has 3 nitrogen and oxygen atoms in total. The van der Waals surface area contributed by atoms with Crippen LogP contribution in [-0.2, 0) is 10.2 Å². The maximum Gasteiger partial charge on any atom is 0.226 e. The molecular weight excluding hydrogens is 320 g/mol. The van der Waals surface area contributed by atoms with Crippen LogP contribution >= 0.6 is 0 Å². The summed E-state index contributed by atoms with van der Waals surface area (Å²) < 4.78 is 0. The number of nitrogens with one attached hydrogen (secondary N) is 2. The second-order valence-corrected chi connectivity index (χ2v) is 9.89. The molecule has 4 saturated carbocycles. The molecule has 1 aliphatic heterocycles. The van der Waals surface area contributed by atoms with E-state index in [0.29, 0.717) is 11.9 Å². The van der Waals surface area contributed by atoms with E-state index < -0.39 is 0 Å². The standard InChI is InChI=1S/C23H32N2O/c1-16-2-4-19(5-3-16)22-11-17-10-18(12-22)14-23(13-17,15-22)21(26)25-20-6-8-24-9-7-20/h2-5,17-18,20,24H,6-15H2,1H3,(H,25,26). The zero-order valence-corrected chi connectivity index (χ0v) is 16.0. The van der Waals surface area contributed by atoms with Crippen LogP contribution < -0.4 is 10.6 Å². The highest BCUT2D eigenvalue weighted by Gasteiger charge is 2.61. The smallest absolute Gasteiger partial charge is 0.226 e. The van der Waals surface area contributed by atoms with Crippen LogP contribution in [0.4, 0.5) is 0 Å². The van der Waals surface area contributed by atoms with Gasteiger partial charge in [-0.3, -0.25) is 4.79 Å². The Morgan fingerprint density at radius 2 is 1.69 bits per heavy atom. The van der Waals surface area contributed by atoms with Gasteiger partial charge in [0.1, 0.15) is 0 Å². The van der Waals surface area contributed by atoms with Crippen molar-refractivity contribution < 1.29 is 4.79 Å². The van der Waals surface area contributed by atoms with Crippen molar-refractivity contribution in [3.05, 3.63) is 35.4 Å². The van der Waals surface area contributed by atoms with Crippen molar-refractivity contribution in [1.82, 2.24) is 10.6 Å². The van der Waals surface area contributed by atoms with E-state index >= 15 is 0 Å². The molecule has 26 heavy (non-hydrogen) atoms. The minimum atomic E-state index is -0.0974. The van der Waals surface area contributed by atoms with Gasteiger partial charge in [-0.25, -0.2) is 0 Å². The second-order valence-electron chi connectivity index (χ2n) is 9.89. The first-order valence-corrected chi connectivity index (χ1v) is 10.7. The summed E-state index contributed by atoms with van der Waals surface area (Å²) >= 11 is 0. The average Bonchev–Trinajstić information content (AvgIpc) is 2.62. The first kappa shape index (κ1) is 16.8. The average molecular weight is 353 g/mol. The van der Waals surface area contributed by atoms with Crippen LogP contribution in [0.2, 0.25) is 0 Å². The summed E-state index contributed by atoms with van der Waals surface area (Å²) in [4.78, 5) is 13.5. The molecule has 3 heteroatoms. The van der Waals surface area contributed by atoms with Crippen molar-refractivity contribution in [1.29, 1.82) is 0 Å². The Kier molecular flexibility index (Phi) is 3.93. The second kappa shape index (κ2) is 6.09. The summed E-state index contributed by atoms with van der Waals surface area (Å²) in [6, 6.07) is 9.60. The molecule has 1 saturated heterocycles. The van der Waals surface area contributed by atoms with Crippen molar-refractivity contribution >= 4 is 5.91 Å². The molecule has 0 radical (unpaired) electrons.